The van der Waals surface area contributed by atoms with Gasteiger partial charge in [0, 0.05) is 11.6 Å². The van der Waals surface area contributed by atoms with E-state index in [4.69, 9.17) is 0 Å². The molecule has 20 heavy (non-hydrogen) atoms. The molecule has 0 aliphatic rings. The van der Waals surface area contributed by atoms with Gasteiger partial charge in [-0.2, -0.15) is 0 Å². The highest BCUT2D eigenvalue weighted by Crippen LogP contribution is 2.24. The zero-order chi connectivity index (χ0) is 13.9. The molecule has 2 heterocycles. The van der Waals surface area contributed by atoms with Gasteiger partial charge in [0.05, 0.1) is 17.0 Å². The van der Waals surface area contributed by atoms with Gasteiger partial charge in [-0.1, -0.05) is 12.1 Å². The number of anilines is 1. The van der Waals surface area contributed by atoms with Crippen LogP contribution in [-0.4, -0.2) is 15.9 Å². The summed E-state index contributed by atoms with van der Waals surface area (Å²) in [6, 6.07) is 9.60. The fourth-order valence-corrected chi connectivity index (χ4v) is 2.46. The van der Waals surface area contributed by atoms with E-state index in [-0.39, 0.29) is 5.56 Å². The van der Waals surface area contributed by atoms with Crippen molar-refractivity contribution in [3.8, 4) is 11.4 Å². The van der Waals surface area contributed by atoms with Gasteiger partial charge in [0.2, 0.25) is 0 Å². The molecule has 0 saturated carbocycles. The van der Waals surface area contributed by atoms with E-state index in [1.54, 1.807) is 18.3 Å². The highest BCUT2D eigenvalue weighted by atomic mass is 32.1. The number of hydrogen-bond acceptors (Lipinski definition) is 3. The average molecular weight is 287 g/mol. The first-order valence-electron chi connectivity index (χ1n) is 5.89. The molecule has 1 aromatic carbocycles. The summed E-state index contributed by atoms with van der Waals surface area (Å²) >= 11 is 1.29. The predicted octanol–water partition coefficient (Wildman–Crippen LogP) is 3.53. The predicted molar refractivity (Wildman–Crippen MR) is 76.3 cm³/mol. The molecular weight excluding hydrogens is 277 g/mol. The monoisotopic (exact) mass is 287 g/mol. The van der Waals surface area contributed by atoms with Crippen molar-refractivity contribution in [1.29, 1.82) is 0 Å². The Morgan fingerprint density at radius 3 is 2.85 bits per heavy atom. The summed E-state index contributed by atoms with van der Waals surface area (Å²) in [6.07, 6.45) is 1.80. The highest BCUT2D eigenvalue weighted by molar-refractivity contribution is 7.14. The van der Waals surface area contributed by atoms with E-state index in [0.717, 1.165) is 11.4 Å². The third kappa shape index (κ3) is 2.46. The summed E-state index contributed by atoms with van der Waals surface area (Å²) in [6.45, 7) is 0. The molecule has 100 valence electrons. The fraction of sp³-hybridized carbons (Fsp3) is 0. The number of amides is 1. The number of aromatic nitrogens is 2. The summed E-state index contributed by atoms with van der Waals surface area (Å²) < 4.78 is 13.5. The van der Waals surface area contributed by atoms with Crippen LogP contribution in [0.1, 0.15) is 10.4 Å². The summed E-state index contributed by atoms with van der Waals surface area (Å²) in [5.41, 5.74) is 1.61. The molecule has 1 amide bonds. The summed E-state index contributed by atoms with van der Waals surface area (Å²) in [7, 11) is 0. The Labute approximate surface area is 118 Å². The highest BCUT2D eigenvalue weighted by Gasteiger charge is 2.13. The molecule has 0 aliphatic carbocycles. The van der Waals surface area contributed by atoms with E-state index in [9.17, 15) is 9.18 Å². The van der Waals surface area contributed by atoms with Crippen molar-refractivity contribution < 1.29 is 9.18 Å². The van der Waals surface area contributed by atoms with E-state index in [1.165, 1.54) is 23.5 Å². The maximum Gasteiger partial charge on any atom is 0.260 e. The number of thiazole rings is 1. The molecule has 0 bridgehead atoms. The van der Waals surface area contributed by atoms with Crippen molar-refractivity contribution in [2.24, 2.45) is 0 Å². The minimum absolute atomic E-state index is 0.00382. The second-order valence-electron chi connectivity index (χ2n) is 4.06. The third-order valence-electron chi connectivity index (χ3n) is 2.72. The largest absolute Gasteiger partial charge is 0.360 e. The Balaban J connectivity index is 1.79. The van der Waals surface area contributed by atoms with Crippen LogP contribution in [0.25, 0.3) is 11.4 Å². The van der Waals surface area contributed by atoms with Crippen LogP contribution in [0, 0.1) is 5.82 Å². The van der Waals surface area contributed by atoms with Crippen LogP contribution < -0.4 is 5.32 Å². The number of benzene rings is 1. The van der Waals surface area contributed by atoms with Crippen molar-refractivity contribution in [2.45, 2.75) is 0 Å². The van der Waals surface area contributed by atoms with E-state index in [1.807, 2.05) is 17.5 Å². The molecule has 0 aliphatic heterocycles. The number of carbonyl (C=O) groups excluding carboxylic acids is 1. The van der Waals surface area contributed by atoms with E-state index >= 15 is 0 Å². The molecular formula is C14H10FN3OS. The van der Waals surface area contributed by atoms with Gasteiger partial charge in [-0.15, -0.1) is 11.3 Å². The normalized spacial score (nSPS) is 10.4. The SMILES string of the molecule is O=C(Nc1nc(-c2ccc[nH]2)cs1)c1ccccc1F. The van der Waals surface area contributed by atoms with Crippen LogP contribution in [-0.2, 0) is 0 Å². The van der Waals surface area contributed by atoms with E-state index in [2.05, 4.69) is 15.3 Å². The number of H-pyrrole nitrogens is 1. The lowest BCUT2D eigenvalue weighted by Crippen LogP contribution is -2.13. The zero-order valence-electron chi connectivity index (χ0n) is 10.3. The third-order valence-corrected chi connectivity index (χ3v) is 3.47. The first-order valence-corrected chi connectivity index (χ1v) is 6.77. The summed E-state index contributed by atoms with van der Waals surface area (Å²) in [4.78, 5) is 19.3. The Kier molecular flexibility index (Phi) is 3.30. The zero-order valence-corrected chi connectivity index (χ0v) is 11.1. The van der Waals surface area contributed by atoms with Crippen molar-refractivity contribution in [2.75, 3.05) is 5.32 Å². The first-order chi connectivity index (χ1) is 9.74. The van der Waals surface area contributed by atoms with Gasteiger partial charge in [0.15, 0.2) is 5.13 Å². The number of hydrogen-bond donors (Lipinski definition) is 2. The van der Waals surface area contributed by atoms with Gasteiger partial charge in [0.1, 0.15) is 5.82 Å². The smallest absolute Gasteiger partial charge is 0.260 e. The molecule has 0 unspecified atom stereocenters. The molecule has 0 radical (unpaired) electrons. The molecule has 0 atom stereocenters. The topological polar surface area (TPSA) is 57.8 Å². The van der Waals surface area contributed by atoms with Gasteiger partial charge in [-0.25, -0.2) is 9.37 Å². The van der Waals surface area contributed by atoms with E-state index in [0.29, 0.717) is 5.13 Å². The molecule has 3 rings (SSSR count). The van der Waals surface area contributed by atoms with Crippen LogP contribution in [0.15, 0.2) is 48.0 Å². The standard InChI is InChI=1S/C14H10FN3OS/c15-10-5-2-1-4-9(10)13(19)18-14-17-12(8-20-14)11-6-3-7-16-11/h1-8,16H,(H,17,18,19). The maximum atomic E-state index is 13.5. The number of nitrogens with zero attached hydrogens (tertiary/aromatic N) is 1. The Hall–Kier alpha value is -2.47. The second-order valence-corrected chi connectivity index (χ2v) is 4.91. The summed E-state index contributed by atoms with van der Waals surface area (Å²) in [5, 5.41) is 4.85. The van der Waals surface area contributed by atoms with Crippen LogP contribution >= 0.6 is 11.3 Å². The van der Waals surface area contributed by atoms with Gasteiger partial charge in [-0.05, 0) is 24.3 Å². The molecule has 6 heteroatoms. The van der Waals surface area contributed by atoms with Crippen LogP contribution in [0.5, 0.6) is 0 Å². The second kappa shape index (κ2) is 5.26. The maximum absolute atomic E-state index is 13.5. The number of aromatic amines is 1. The molecule has 4 nitrogen and oxygen atoms in total. The lowest BCUT2D eigenvalue weighted by molar-refractivity contribution is 0.102. The van der Waals surface area contributed by atoms with Crippen LogP contribution in [0.4, 0.5) is 9.52 Å². The quantitative estimate of drug-likeness (QED) is 0.774. The lowest BCUT2D eigenvalue weighted by atomic mass is 10.2. The molecule has 0 saturated heterocycles. The first kappa shape index (κ1) is 12.6. The van der Waals surface area contributed by atoms with Gasteiger partial charge >= 0.3 is 0 Å². The van der Waals surface area contributed by atoms with Crippen molar-refractivity contribution >= 4 is 22.4 Å². The fourth-order valence-electron chi connectivity index (χ4n) is 1.75. The Bertz CT molecular complexity index is 736. The minimum atomic E-state index is -0.550. The van der Waals surface area contributed by atoms with Crippen molar-refractivity contribution in [3.63, 3.8) is 0 Å². The average Bonchev–Trinajstić information content (AvgIpc) is 3.09. The van der Waals surface area contributed by atoms with Crippen LogP contribution in [0.3, 0.4) is 0 Å². The van der Waals surface area contributed by atoms with Crippen molar-refractivity contribution in [3.05, 3.63) is 59.4 Å². The van der Waals surface area contributed by atoms with Gasteiger partial charge in [0.25, 0.3) is 5.91 Å². The Morgan fingerprint density at radius 2 is 2.10 bits per heavy atom. The lowest BCUT2D eigenvalue weighted by Gasteiger charge is -2.02. The van der Waals surface area contributed by atoms with Gasteiger partial charge in [-0.3, -0.25) is 10.1 Å². The molecule has 3 aromatic rings. The van der Waals surface area contributed by atoms with Crippen LogP contribution in [0.2, 0.25) is 0 Å². The van der Waals surface area contributed by atoms with Crippen molar-refractivity contribution in [1.82, 2.24) is 9.97 Å². The Morgan fingerprint density at radius 1 is 1.25 bits per heavy atom. The summed E-state index contributed by atoms with van der Waals surface area (Å²) in [5.74, 6) is -1.05. The number of rotatable bonds is 3. The molecule has 0 spiro atoms. The van der Waals surface area contributed by atoms with Gasteiger partial charge < -0.3 is 4.98 Å². The molecule has 0 fully saturated rings. The number of nitrogens with one attached hydrogen (secondary N) is 2. The number of halogens is 1. The van der Waals surface area contributed by atoms with E-state index < -0.39 is 11.7 Å². The molecule has 2 N–H and O–H groups in total. The molecule has 2 aromatic heterocycles. The minimum Gasteiger partial charge on any atom is -0.360 e. The number of carbonyl (C=O) groups is 1.